The number of methoxy groups -OCH3 is 1. The quantitative estimate of drug-likeness (QED) is 0.556. The summed E-state index contributed by atoms with van der Waals surface area (Å²) in [5, 5.41) is 2.39. The molecule has 0 heterocycles. The summed E-state index contributed by atoms with van der Waals surface area (Å²) in [6.07, 6.45) is 2.73. The first-order valence-electron chi connectivity index (χ1n) is 6.19. The van der Waals surface area contributed by atoms with Crippen LogP contribution >= 0.6 is 0 Å². The zero-order chi connectivity index (χ0) is 15.8. The SMILES string of the molecule is COC(=O)/C=C/CC[C@H](NC(=O)OC(C)(C)C)C(N)=O. The number of primary amides is 1. The Hall–Kier alpha value is -2.05. The number of nitrogens with two attached hydrogens (primary N) is 1. The average molecular weight is 286 g/mol. The molecule has 0 fully saturated rings. The molecule has 114 valence electrons. The number of allylic oxidation sites excluding steroid dienone is 1. The maximum absolute atomic E-state index is 11.5. The minimum atomic E-state index is -0.854. The van der Waals surface area contributed by atoms with Crippen LogP contribution in [0.4, 0.5) is 4.79 Å². The van der Waals surface area contributed by atoms with Crippen LogP contribution in [-0.2, 0) is 19.1 Å². The molecular formula is C13H22N2O5. The summed E-state index contributed by atoms with van der Waals surface area (Å²) in [4.78, 5) is 33.6. The second-order valence-corrected chi connectivity index (χ2v) is 5.10. The van der Waals surface area contributed by atoms with Crippen LogP contribution in [0.2, 0.25) is 0 Å². The second kappa shape index (κ2) is 8.19. The van der Waals surface area contributed by atoms with Gasteiger partial charge in [0.05, 0.1) is 7.11 Å². The molecule has 0 saturated carbocycles. The normalized spacial score (nSPS) is 12.8. The van der Waals surface area contributed by atoms with Gasteiger partial charge < -0.3 is 20.5 Å². The van der Waals surface area contributed by atoms with Gasteiger partial charge in [-0.3, -0.25) is 4.79 Å². The molecule has 0 radical (unpaired) electrons. The Kier molecular flexibility index (Phi) is 7.35. The molecule has 1 atom stereocenters. The van der Waals surface area contributed by atoms with Gasteiger partial charge in [-0.25, -0.2) is 9.59 Å². The number of ether oxygens (including phenoxy) is 2. The maximum atomic E-state index is 11.5. The standard InChI is InChI=1S/C13H22N2O5/c1-13(2,3)20-12(18)15-9(11(14)17)7-5-6-8-10(16)19-4/h6,8-9H,5,7H2,1-4H3,(H2,14,17)(H,15,18)/b8-6+/t9-/m0/s1. The number of carbonyl (C=O) groups excluding carboxylic acids is 3. The highest BCUT2D eigenvalue weighted by Gasteiger charge is 2.21. The summed E-state index contributed by atoms with van der Waals surface area (Å²) >= 11 is 0. The van der Waals surface area contributed by atoms with Crippen LogP contribution in [0, 0.1) is 0 Å². The minimum absolute atomic E-state index is 0.266. The van der Waals surface area contributed by atoms with Crippen LogP contribution in [0.3, 0.4) is 0 Å². The number of nitrogens with one attached hydrogen (secondary N) is 1. The lowest BCUT2D eigenvalue weighted by Gasteiger charge is -2.22. The van der Waals surface area contributed by atoms with Gasteiger partial charge in [-0.2, -0.15) is 0 Å². The molecule has 0 spiro atoms. The number of rotatable bonds is 6. The topological polar surface area (TPSA) is 108 Å². The highest BCUT2D eigenvalue weighted by Crippen LogP contribution is 2.07. The predicted molar refractivity (Wildman–Crippen MR) is 72.7 cm³/mol. The van der Waals surface area contributed by atoms with E-state index in [0.717, 1.165) is 0 Å². The molecule has 0 unspecified atom stereocenters. The molecule has 3 N–H and O–H groups in total. The van der Waals surface area contributed by atoms with Crippen LogP contribution in [0.15, 0.2) is 12.2 Å². The number of carbonyl (C=O) groups is 3. The van der Waals surface area contributed by atoms with Crippen molar-refractivity contribution in [3.05, 3.63) is 12.2 Å². The summed E-state index contributed by atoms with van der Waals surface area (Å²) in [5.74, 6) is -1.15. The Morgan fingerprint density at radius 1 is 1.30 bits per heavy atom. The van der Waals surface area contributed by atoms with E-state index >= 15 is 0 Å². The van der Waals surface area contributed by atoms with E-state index in [1.165, 1.54) is 13.2 Å². The molecule has 0 aliphatic heterocycles. The summed E-state index contributed by atoms with van der Waals surface area (Å²) in [6.45, 7) is 5.14. The van der Waals surface area contributed by atoms with Gasteiger partial charge in [0, 0.05) is 6.08 Å². The molecule has 20 heavy (non-hydrogen) atoms. The monoisotopic (exact) mass is 286 g/mol. The van der Waals surface area contributed by atoms with Crippen LogP contribution in [0.1, 0.15) is 33.6 Å². The van der Waals surface area contributed by atoms with Crippen molar-refractivity contribution in [2.45, 2.75) is 45.3 Å². The molecule has 0 bridgehead atoms. The number of hydrogen-bond donors (Lipinski definition) is 2. The van der Waals surface area contributed by atoms with Crippen molar-refractivity contribution in [1.82, 2.24) is 5.32 Å². The van der Waals surface area contributed by atoms with Gasteiger partial charge in [0.25, 0.3) is 0 Å². The van der Waals surface area contributed by atoms with Crippen LogP contribution in [0.5, 0.6) is 0 Å². The van der Waals surface area contributed by atoms with Gasteiger partial charge in [0.1, 0.15) is 11.6 Å². The van der Waals surface area contributed by atoms with E-state index in [4.69, 9.17) is 10.5 Å². The largest absolute Gasteiger partial charge is 0.466 e. The molecule has 7 heteroatoms. The van der Waals surface area contributed by atoms with Gasteiger partial charge in [0.2, 0.25) is 5.91 Å². The molecule has 0 aliphatic rings. The summed E-state index contributed by atoms with van der Waals surface area (Å²) in [7, 11) is 1.27. The molecule has 0 aromatic rings. The maximum Gasteiger partial charge on any atom is 0.408 e. The molecule has 0 aliphatic carbocycles. The van der Waals surface area contributed by atoms with E-state index in [1.807, 2.05) is 0 Å². The number of alkyl carbamates (subject to hydrolysis) is 1. The zero-order valence-corrected chi connectivity index (χ0v) is 12.3. The number of hydrogen-bond acceptors (Lipinski definition) is 5. The van der Waals surface area contributed by atoms with Crippen molar-refractivity contribution < 1.29 is 23.9 Å². The van der Waals surface area contributed by atoms with E-state index in [1.54, 1.807) is 26.8 Å². The fourth-order valence-electron chi connectivity index (χ4n) is 1.25. The van der Waals surface area contributed by atoms with Crippen molar-refractivity contribution >= 4 is 18.0 Å². The van der Waals surface area contributed by atoms with Crippen LogP contribution < -0.4 is 11.1 Å². The third kappa shape index (κ3) is 8.96. The molecule has 0 saturated heterocycles. The number of esters is 1. The van der Waals surface area contributed by atoms with Crippen molar-refractivity contribution in [3.8, 4) is 0 Å². The van der Waals surface area contributed by atoms with Gasteiger partial charge in [-0.15, -0.1) is 0 Å². The van der Waals surface area contributed by atoms with E-state index in [-0.39, 0.29) is 6.42 Å². The fraction of sp³-hybridized carbons (Fsp3) is 0.615. The van der Waals surface area contributed by atoms with Crippen molar-refractivity contribution in [2.75, 3.05) is 7.11 Å². The van der Waals surface area contributed by atoms with Crippen LogP contribution in [0.25, 0.3) is 0 Å². The highest BCUT2D eigenvalue weighted by atomic mass is 16.6. The molecule has 0 aromatic heterocycles. The van der Waals surface area contributed by atoms with Gasteiger partial charge in [-0.1, -0.05) is 6.08 Å². The lowest BCUT2D eigenvalue weighted by Crippen LogP contribution is -2.46. The first kappa shape index (κ1) is 17.9. The van der Waals surface area contributed by atoms with E-state index in [0.29, 0.717) is 6.42 Å². The summed E-state index contributed by atoms with van der Waals surface area (Å²) < 4.78 is 9.45. The Bertz CT molecular complexity index is 385. The predicted octanol–water partition coefficient (Wildman–Crippen LogP) is 0.874. The average Bonchev–Trinajstić information content (AvgIpc) is 2.29. The lowest BCUT2D eigenvalue weighted by atomic mass is 10.1. The van der Waals surface area contributed by atoms with E-state index < -0.39 is 29.6 Å². The summed E-state index contributed by atoms with van der Waals surface area (Å²) in [6, 6.07) is -0.854. The third-order valence-corrected chi connectivity index (χ3v) is 2.11. The summed E-state index contributed by atoms with van der Waals surface area (Å²) in [5.41, 5.74) is 4.54. The highest BCUT2D eigenvalue weighted by molar-refractivity contribution is 5.84. The molecular weight excluding hydrogens is 264 g/mol. The molecule has 2 amide bonds. The smallest absolute Gasteiger partial charge is 0.408 e. The first-order valence-corrected chi connectivity index (χ1v) is 6.19. The second-order valence-electron chi connectivity index (χ2n) is 5.10. The van der Waals surface area contributed by atoms with Crippen molar-refractivity contribution in [1.29, 1.82) is 0 Å². The van der Waals surface area contributed by atoms with Crippen molar-refractivity contribution in [3.63, 3.8) is 0 Å². The number of amides is 2. The van der Waals surface area contributed by atoms with Crippen molar-refractivity contribution in [2.24, 2.45) is 5.73 Å². The van der Waals surface area contributed by atoms with Crippen LogP contribution in [-0.4, -0.2) is 36.7 Å². The molecule has 0 rings (SSSR count). The minimum Gasteiger partial charge on any atom is -0.466 e. The lowest BCUT2D eigenvalue weighted by molar-refractivity contribution is -0.134. The van der Waals surface area contributed by atoms with Gasteiger partial charge in [0.15, 0.2) is 0 Å². The van der Waals surface area contributed by atoms with E-state index in [2.05, 4.69) is 10.1 Å². The molecule has 7 nitrogen and oxygen atoms in total. The Morgan fingerprint density at radius 3 is 2.35 bits per heavy atom. The Balaban J connectivity index is 4.31. The van der Waals surface area contributed by atoms with Gasteiger partial charge in [-0.05, 0) is 33.6 Å². The fourth-order valence-corrected chi connectivity index (χ4v) is 1.25. The molecule has 0 aromatic carbocycles. The Morgan fingerprint density at radius 2 is 1.90 bits per heavy atom. The zero-order valence-electron chi connectivity index (χ0n) is 12.3. The van der Waals surface area contributed by atoms with Gasteiger partial charge >= 0.3 is 12.1 Å². The first-order chi connectivity index (χ1) is 9.15. The Labute approximate surface area is 118 Å². The van der Waals surface area contributed by atoms with E-state index in [9.17, 15) is 14.4 Å². The third-order valence-electron chi connectivity index (χ3n) is 2.11.